The molecule has 0 aliphatic heterocycles. The Labute approximate surface area is 478 Å². The second kappa shape index (κ2) is 18.0. The van der Waals surface area contributed by atoms with Gasteiger partial charge in [0.2, 0.25) is 11.9 Å². The lowest BCUT2D eigenvalue weighted by Gasteiger charge is -2.15. The molecular formula is C76H44N6O2. The zero-order valence-electron chi connectivity index (χ0n) is 44.9. The third-order valence-electron chi connectivity index (χ3n) is 17.0. The van der Waals surface area contributed by atoms with E-state index in [9.17, 15) is 0 Å². The first kappa shape index (κ1) is 46.3. The zero-order chi connectivity index (χ0) is 55.0. The second-order valence-corrected chi connectivity index (χ2v) is 21.6. The van der Waals surface area contributed by atoms with Gasteiger partial charge in [0.05, 0.1) is 44.5 Å². The molecule has 0 saturated carbocycles. The summed E-state index contributed by atoms with van der Waals surface area (Å²) in [5.74, 6) is 1.06. The summed E-state index contributed by atoms with van der Waals surface area (Å²) in [7, 11) is 0. The minimum atomic E-state index is 0.529. The molecule has 0 amide bonds. The van der Waals surface area contributed by atoms with E-state index in [4.69, 9.17) is 28.8 Å². The highest BCUT2D eigenvalue weighted by Gasteiger charge is 2.23. The summed E-state index contributed by atoms with van der Waals surface area (Å²) in [5, 5.41) is 16.2. The van der Waals surface area contributed by atoms with Gasteiger partial charge in [-0.2, -0.15) is 0 Å². The number of para-hydroxylation sites is 6. The number of aromatic nitrogens is 6. The van der Waals surface area contributed by atoms with Gasteiger partial charge in [0.15, 0.2) is 0 Å². The number of hydrogen-bond donors (Lipinski definition) is 0. The molecule has 0 N–H and O–H groups in total. The molecule has 18 aromatic rings. The summed E-state index contributed by atoms with van der Waals surface area (Å²) in [4.78, 5) is 22.5. The largest absolute Gasteiger partial charge is 0.456 e. The average Bonchev–Trinajstić information content (AvgIpc) is 2.02. The zero-order valence-corrected chi connectivity index (χ0v) is 44.9. The number of rotatable bonds is 4. The van der Waals surface area contributed by atoms with Gasteiger partial charge < -0.3 is 8.83 Å². The molecule has 0 bridgehead atoms. The molecule has 390 valence electrons. The number of furan rings is 2. The highest BCUT2D eigenvalue weighted by molar-refractivity contribution is 6.35. The van der Waals surface area contributed by atoms with Gasteiger partial charge in [0.1, 0.15) is 22.3 Å². The van der Waals surface area contributed by atoms with E-state index >= 15 is 0 Å². The molecule has 0 spiro atoms. The van der Waals surface area contributed by atoms with Gasteiger partial charge in [0.25, 0.3) is 0 Å². The van der Waals surface area contributed by atoms with Crippen LogP contribution >= 0.6 is 0 Å². The first-order valence-electron chi connectivity index (χ1n) is 28.3. The van der Waals surface area contributed by atoms with Crippen LogP contribution in [0.25, 0.3) is 176 Å². The molecule has 6 heterocycles. The van der Waals surface area contributed by atoms with Crippen LogP contribution in [0.1, 0.15) is 0 Å². The Balaban J connectivity index is 1.14. The minimum absolute atomic E-state index is 0.529. The van der Waals surface area contributed by atoms with Crippen LogP contribution in [0.5, 0.6) is 0 Å². The van der Waals surface area contributed by atoms with E-state index in [1.807, 2.05) is 24.3 Å². The van der Waals surface area contributed by atoms with Crippen molar-refractivity contribution >= 4 is 142 Å². The fourth-order valence-corrected chi connectivity index (χ4v) is 13.3. The van der Waals surface area contributed by atoms with Crippen LogP contribution in [0.2, 0.25) is 0 Å². The molecule has 0 unspecified atom stereocenters. The fraction of sp³-hybridized carbons (Fsp3) is 0. The lowest BCUT2D eigenvalue weighted by atomic mass is 9.94. The van der Waals surface area contributed by atoms with Crippen molar-refractivity contribution in [2.24, 2.45) is 0 Å². The van der Waals surface area contributed by atoms with Crippen LogP contribution in [-0.4, -0.2) is 29.1 Å². The van der Waals surface area contributed by atoms with E-state index in [2.05, 4.69) is 252 Å². The van der Waals surface area contributed by atoms with Crippen molar-refractivity contribution in [2.45, 2.75) is 0 Å². The summed E-state index contributed by atoms with van der Waals surface area (Å²) < 4.78 is 18.3. The number of nitrogens with zero attached hydrogens (tertiary/aromatic N) is 6. The van der Waals surface area contributed by atoms with Gasteiger partial charge >= 0.3 is 0 Å². The lowest BCUT2D eigenvalue weighted by molar-refractivity contribution is 0.669. The summed E-state index contributed by atoms with van der Waals surface area (Å²) in [6, 6.07) is 94.3. The van der Waals surface area contributed by atoms with E-state index < -0.39 is 0 Å². The van der Waals surface area contributed by atoms with Crippen molar-refractivity contribution in [2.75, 3.05) is 0 Å². The molecule has 0 fully saturated rings. The molecule has 0 aliphatic rings. The second-order valence-electron chi connectivity index (χ2n) is 21.6. The molecule has 8 nitrogen and oxygen atoms in total. The summed E-state index contributed by atoms with van der Waals surface area (Å²) in [6.07, 6.45) is 0. The SMILES string of the molecule is c1ccc(-c2nc(-n3c4ccccc4c4cccc5c6cc7c(cc6n(-c6nc(-c8ccccc8)c8ccccc8n6)c6ccccc6c6cccc(c8cc9c(cc83)oc3ccccc39)c6c45)oc3ccccc37)nc3ccccc23)cc1. The molecule has 0 saturated heterocycles. The minimum Gasteiger partial charge on any atom is -0.456 e. The molecule has 0 aliphatic carbocycles. The summed E-state index contributed by atoms with van der Waals surface area (Å²) in [6.45, 7) is 0. The van der Waals surface area contributed by atoms with Gasteiger partial charge in [-0.1, -0.05) is 206 Å². The van der Waals surface area contributed by atoms with E-state index in [1.165, 1.54) is 0 Å². The third kappa shape index (κ3) is 6.88. The van der Waals surface area contributed by atoms with Crippen molar-refractivity contribution in [3.05, 3.63) is 267 Å². The highest BCUT2D eigenvalue weighted by atomic mass is 16.3. The van der Waals surface area contributed by atoms with Gasteiger partial charge in [-0.3, -0.25) is 9.13 Å². The van der Waals surface area contributed by atoms with Crippen molar-refractivity contribution in [1.29, 1.82) is 0 Å². The average molecular weight is 1070 g/mol. The fourth-order valence-electron chi connectivity index (χ4n) is 13.3. The Bertz CT molecular complexity index is 5570. The Hall–Kier alpha value is -11.5. The van der Waals surface area contributed by atoms with Crippen molar-refractivity contribution in [3.8, 4) is 34.4 Å². The third-order valence-corrected chi connectivity index (χ3v) is 17.0. The highest BCUT2D eigenvalue weighted by Crippen LogP contribution is 2.45. The first-order chi connectivity index (χ1) is 41.7. The van der Waals surface area contributed by atoms with E-state index in [-0.39, 0.29) is 0 Å². The topological polar surface area (TPSA) is 87.7 Å². The van der Waals surface area contributed by atoms with Gasteiger partial charge in [-0.15, -0.1) is 0 Å². The number of hydrogen-bond acceptors (Lipinski definition) is 6. The molecule has 8 heteroatoms. The van der Waals surface area contributed by atoms with E-state index in [1.54, 1.807) is 0 Å². The predicted molar refractivity (Wildman–Crippen MR) is 346 cm³/mol. The molecule has 12 aromatic carbocycles. The lowest BCUT2D eigenvalue weighted by Crippen LogP contribution is -2.05. The van der Waals surface area contributed by atoms with E-state index in [0.717, 1.165) is 164 Å². The standard InChI is InChI=1S/C76H44N6O2/c1-3-21-45(22-4-1)73-55-29-7-13-35-61(55)77-75(79-73)81-63-37-15-9-25-47(63)51-31-19-34-54-58-42-60-50-28-12-18-40-68(50)84-70(60)44-66(58)82(76-78-62-36-14-8-30-56(62)74(80-76)46-23-5-2-6-24-46)64-38-16-10-26-48(64)52-32-20-33-53(72(52)71(51)54)57-41-59-49-27-11-17-39-67(49)83-69(59)43-65(57)81/h1-44H. The molecule has 18 rings (SSSR count). The van der Waals surface area contributed by atoms with E-state index in [0.29, 0.717) is 11.9 Å². The van der Waals surface area contributed by atoms with Gasteiger partial charge in [-0.25, -0.2) is 19.9 Å². The van der Waals surface area contributed by atoms with Crippen LogP contribution in [0.4, 0.5) is 0 Å². The summed E-state index contributed by atoms with van der Waals surface area (Å²) in [5.41, 5.74) is 12.0. The van der Waals surface area contributed by atoms with Crippen LogP contribution in [0, 0.1) is 0 Å². The summed E-state index contributed by atoms with van der Waals surface area (Å²) >= 11 is 0. The maximum Gasteiger partial charge on any atom is 0.235 e. The Morgan fingerprint density at radius 2 is 0.571 bits per heavy atom. The van der Waals surface area contributed by atoms with Crippen LogP contribution in [0.3, 0.4) is 0 Å². The van der Waals surface area contributed by atoms with Gasteiger partial charge in [0, 0.05) is 77.1 Å². The molecular weight excluding hydrogens is 1030 g/mol. The monoisotopic (exact) mass is 1070 g/mol. The van der Waals surface area contributed by atoms with Crippen LogP contribution < -0.4 is 0 Å². The maximum absolute atomic E-state index is 6.88. The maximum atomic E-state index is 6.88. The van der Waals surface area contributed by atoms with Crippen LogP contribution in [-0.2, 0) is 0 Å². The van der Waals surface area contributed by atoms with Crippen LogP contribution in [0.15, 0.2) is 276 Å². The number of fused-ring (bicyclic) bond motifs is 16. The molecule has 0 radical (unpaired) electrons. The predicted octanol–water partition coefficient (Wildman–Crippen LogP) is 20.0. The Morgan fingerprint density at radius 1 is 0.226 bits per heavy atom. The quantitative estimate of drug-likeness (QED) is 0.174. The van der Waals surface area contributed by atoms with Crippen molar-refractivity contribution < 1.29 is 8.83 Å². The van der Waals surface area contributed by atoms with Gasteiger partial charge in [-0.05, 0) is 80.8 Å². The smallest absolute Gasteiger partial charge is 0.235 e. The molecule has 0 atom stereocenters. The first-order valence-corrected chi connectivity index (χ1v) is 28.3. The van der Waals surface area contributed by atoms with Crippen molar-refractivity contribution in [1.82, 2.24) is 29.1 Å². The Morgan fingerprint density at radius 3 is 1.01 bits per heavy atom. The molecule has 6 aromatic heterocycles. The number of benzene rings is 12. The Kier molecular flexibility index (Phi) is 9.93. The normalized spacial score (nSPS) is 12.0. The van der Waals surface area contributed by atoms with Crippen molar-refractivity contribution in [3.63, 3.8) is 0 Å². The molecule has 84 heavy (non-hydrogen) atoms.